The zero-order valence-corrected chi connectivity index (χ0v) is 20.7. The van der Waals surface area contributed by atoms with Crippen molar-refractivity contribution in [3.8, 4) is 5.75 Å². The number of aryl methyl sites for hydroxylation is 1. The Balaban J connectivity index is 1.17. The first kappa shape index (κ1) is 22.7. The number of fused-ring (bicyclic) bond motifs is 1. The van der Waals surface area contributed by atoms with Crippen molar-refractivity contribution < 1.29 is 9.53 Å². The highest BCUT2D eigenvalue weighted by atomic mass is 32.1. The number of amides is 1. The molecule has 2 aliphatic rings. The minimum Gasteiger partial charge on any atom is -0.496 e. The van der Waals surface area contributed by atoms with Crippen molar-refractivity contribution >= 4 is 34.1 Å². The number of piperidine rings is 1. The maximum absolute atomic E-state index is 13.3. The molecule has 7 heteroatoms. The van der Waals surface area contributed by atoms with E-state index in [-0.39, 0.29) is 11.3 Å². The van der Waals surface area contributed by atoms with E-state index in [9.17, 15) is 4.79 Å². The van der Waals surface area contributed by atoms with Gasteiger partial charge in [0.2, 0.25) is 0 Å². The fourth-order valence-corrected chi connectivity index (χ4v) is 5.72. The Morgan fingerprint density at radius 3 is 2.44 bits per heavy atom. The van der Waals surface area contributed by atoms with E-state index in [2.05, 4.69) is 28.4 Å². The van der Waals surface area contributed by atoms with Crippen LogP contribution in [0.4, 0.5) is 0 Å². The Morgan fingerprint density at radius 1 is 1.03 bits per heavy atom. The number of likely N-dealkylation sites (tertiary alicyclic amines) is 2. The maximum Gasteiger partial charge on any atom is 0.270 e. The molecule has 3 aromatic rings. The maximum atomic E-state index is 13.3. The topological polar surface area (TPSA) is 49.7 Å². The predicted octanol–water partition coefficient (Wildman–Crippen LogP) is 4.19. The number of thiocarbonyl (C=S) groups is 1. The van der Waals surface area contributed by atoms with Gasteiger partial charge in [-0.15, -0.1) is 0 Å². The summed E-state index contributed by atoms with van der Waals surface area (Å²) in [5.74, 6) is 1.01. The number of hydrogen-bond acceptors (Lipinski definition) is 3. The molecular weight excluding hydrogens is 444 g/mol. The number of ether oxygens (including phenoxy) is 1. The molecule has 0 atom stereocenters. The fraction of sp³-hybridized carbons (Fsp3) is 0.407. The van der Waals surface area contributed by atoms with Crippen LogP contribution in [-0.2, 0) is 13.6 Å². The van der Waals surface area contributed by atoms with Crippen LogP contribution in [-0.4, -0.2) is 58.7 Å². The Kier molecular flexibility index (Phi) is 6.21. The summed E-state index contributed by atoms with van der Waals surface area (Å²) in [4.78, 5) is 17.6. The number of carbonyl (C=O) groups is 1. The number of methoxy groups -OCH3 is 1. The van der Waals surface area contributed by atoms with Gasteiger partial charge in [-0.05, 0) is 55.1 Å². The summed E-state index contributed by atoms with van der Waals surface area (Å²) in [6.45, 7) is 4.18. The van der Waals surface area contributed by atoms with E-state index in [0.717, 1.165) is 78.5 Å². The molecule has 178 valence electrons. The van der Waals surface area contributed by atoms with Crippen LogP contribution in [0.5, 0.6) is 5.75 Å². The first-order valence-electron chi connectivity index (χ1n) is 12.0. The summed E-state index contributed by atoms with van der Waals surface area (Å²) >= 11 is 5.73. The van der Waals surface area contributed by atoms with Crippen LogP contribution in [0.1, 0.15) is 35.3 Å². The second-order valence-electron chi connectivity index (χ2n) is 9.58. The molecule has 1 aromatic heterocycles. The molecule has 0 bridgehead atoms. The molecule has 34 heavy (non-hydrogen) atoms. The van der Waals surface area contributed by atoms with Crippen molar-refractivity contribution in [2.75, 3.05) is 33.3 Å². The average Bonchev–Trinajstić information content (AvgIpc) is 3.44. The number of benzene rings is 2. The molecule has 2 aromatic carbocycles. The first-order chi connectivity index (χ1) is 16.5. The molecule has 2 fully saturated rings. The second-order valence-corrected chi connectivity index (χ2v) is 9.97. The monoisotopic (exact) mass is 476 g/mol. The van der Waals surface area contributed by atoms with Crippen molar-refractivity contribution in [1.29, 1.82) is 0 Å². The summed E-state index contributed by atoms with van der Waals surface area (Å²) in [6, 6.07) is 18.2. The van der Waals surface area contributed by atoms with Crippen LogP contribution < -0.4 is 10.1 Å². The lowest BCUT2D eigenvalue weighted by Gasteiger charge is -2.39. The third-order valence-corrected chi connectivity index (χ3v) is 8.03. The van der Waals surface area contributed by atoms with E-state index in [4.69, 9.17) is 17.0 Å². The number of aromatic nitrogens is 1. The van der Waals surface area contributed by atoms with Crippen LogP contribution in [0.2, 0.25) is 0 Å². The third kappa shape index (κ3) is 4.25. The van der Waals surface area contributed by atoms with Gasteiger partial charge in [-0.2, -0.15) is 0 Å². The summed E-state index contributed by atoms with van der Waals surface area (Å²) in [5.41, 5.74) is 3.21. The molecule has 0 unspecified atom stereocenters. The van der Waals surface area contributed by atoms with E-state index in [1.165, 1.54) is 0 Å². The van der Waals surface area contributed by atoms with Crippen LogP contribution in [0.25, 0.3) is 10.9 Å². The highest BCUT2D eigenvalue weighted by Crippen LogP contribution is 2.40. The van der Waals surface area contributed by atoms with Gasteiger partial charge in [0.05, 0.1) is 7.11 Å². The Labute approximate surface area is 206 Å². The molecule has 6 nitrogen and oxygen atoms in total. The van der Waals surface area contributed by atoms with Crippen molar-refractivity contribution in [3.05, 3.63) is 65.9 Å². The smallest absolute Gasteiger partial charge is 0.270 e. The number of carbonyl (C=O) groups excluding carboxylic acids is 1. The van der Waals surface area contributed by atoms with Gasteiger partial charge in [0, 0.05) is 56.2 Å². The quantitative estimate of drug-likeness (QED) is 0.573. The van der Waals surface area contributed by atoms with E-state index in [0.29, 0.717) is 6.54 Å². The van der Waals surface area contributed by atoms with E-state index in [1.807, 2.05) is 52.9 Å². The zero-order valence-electron chi connectivity index (χ0n) is 19.9. The molecule has 3 heterocycles. The highest BCUT2D eigenvalue weighted by Gasteiger charge is 2.42. The lowest BCUT2D eigenvalue weighted by atomic mass is 9.77. The van der Waals surface area contributed by atoms with Crippen LogP contribution in [0, 0.1) is 5.41 Å². The lowest BCUT2D eigenvalue weighted by Crippen LogP contribution is -2.46. The third-order valence-electron chi connectivity index (χ3n) is 7.63. The standard InChI is InChI=1S/C27H32N4O2S/c1-29-22-9-5-3-7-20(22)17-23(29)25(32)30-14-11-27(12-15-30)13-16-31(19-27)26(34)28-18-21-8-4-6-10-24(21)33-2/h3-10,17H,11-16,18-19H2,1-2H3,(H,28,34). The minimum absolute atomic E-state index is 0.136. The Morgan fingerprint density at radius 2 is 1.71 bits per heavy atom. The van der Waals surface area contributed by atoms with Crippen LogP contribution >= 0.6 is 12.2 Å². The number of nitrogens with one attached hydrogen (secondary N) is 1. The van der Waals surface area contributed by atoms with Gasteiger partial charge in [-0.1, -0.05) is 36.4 Å². The van der Waals surface area contributed by atoms with E-state index >= 15 is 0 Å². The molecule has 1 amide bonds. The number of nitrogens with zero attached hydrogens (tertiary/aromatic N) is 3. The van der Waals surface area contributed by atoms with Crippen molar-refractivity contribution in [2.45, 2.75) is 25.8 Å². The van der Waals surface area contributed by atoms with Gasteiger partial charge in [0.25, 0.3) is 5.91 Å². The van der Waals surface area contributed by atoms with Crippen LogP contribution in [0.3, 0.4) is 0 Å². The van der Waals surface area contributed by atoms with E-state index < -0.39 is 0 Å². The highest BCUT2D eigenvalue weighted by molar-refractivity contribution is 7.80. The summed E-state index contributed by atoms with van der Waals surface area (Å²) < 4.78 is 7.47. The molecule has 0 saturated carbocycles. The minimum atomic E-state index is 0.136. The normalized spacial score (nSPS) is 17.4. The molecule has 1 spiro atoms. The van der Waals surface area contributed by atoms with Crippen LogP contribution in [0.15, 0.2) is 54.6 Å². The van der Waals surface area contributed by atoms with Crippen molar-refractivity contribution in [2.24, 2.45) is 12.5 Å². The Hall–Kier alpha value is -3.06. The molecule has 0 aliphatic carbocycles. The van der Waals surface area contributed by atoms with Gasteiger partial charge < -0.3 is 24.4 Å². The summed E-state index contributed by atoms with van der Waals surface area (Å²) in [6.07, 6.45) is 3.17. The largest absolute Gasteiger partial charge is 0.496 e. The number of hydrogen-bond donors (Lipinski definition) is 1. The van der Waals surface area contributed by atoms with Crippen molar-refractivity contribution in [3.63, 3.8) is 0 Å². The second kappa shape index (κ2) is 9.29. The molecule has 5 rings (SSSR count). The predicted molar refractivity (Wildman–Crippen MR) is 139 cm³/mol. The average molecular weight is 477 g/mol. The van der Waals surface area contributed by atoms with Gasteiger partial charge >= 0.3 is 0 Å². The molecule has 2 saturated heterocycles. The summed E-state index contributed by atoms with van der Waals surface area (Å²) in [7, 11) is 3.67. The number of para-hydroxylation sites is 2. The van der Waals surface area contributed by atoms with Gasteiger partial charge in [-0.25, -0.2) is 0 Å². The molecule has 0 radical (unpaired) electrons. The lowest BCUT2D eigenvalue weighted by molar-refractivity contribution is 0.0590. The first-order valence-corrected chi connectivity index (χ1v) is 12.4. The SMILES string of the molecule is COc1ccccc1CNC(=S)N1CCC2(CCN(C(=O)c3cc4ccccc4n3C)CC2)C1. The Bertz CT molecular complexity index is 1210. The molecule has 1 N–H and O–H groups in total. The number of rotatable bonds is 4. The fourth-order valence-electron chi connectivity index (χ4n) is 5.49. The zero-order chi connectivity index (χ0) is 23.7. The van der Waals surface area contributed by atoms with E-state index in [1.54, 1.807) is 7.11 Å². The molecular formula is C27H32N4O2S. The van der Waals surface area contributed by atoms with Gasteiger partial charge in [0.1, 0.15) is 11.4 Å². The summed E-state index contributed by atoms with van der Waals surface area (Å²) in [5, 5.41) is 5.33. The molecule has 2 aliphatic heterocycles. The van der Waals surface area contributed by atoms with Crippen molar-refractivity contribution in [1.82, 2.24) is 19.7 Å². The van der Waals surface area contributed by atoms with Gasteiger partial charge in [-0.3, -0.25) is 4.79 Å². The van der Waals surface area contributed by atoms with Gasteiger partial charge in [0.15, 0.2) is 5.11 Å².